The van der Waals surface area contributed by atoms with Crippen molar-refractivity contribution in [1.29, 1.82) is 0 Å². The number of nitrogens with one attached hydrogen (secondary N) is 3. The Balaban J connectivity index is 0.00000220. The van der Waals surface area contributed by atoms with Crippen LogP contribution in [0.5, 0.6) is 0 Å². The molecule has 0 spiro atoms. The van der Waals surface area contributed by atoms with Crippen molar-refractivity contribution in [2.75, 3.05) is 31.6 Å². The van der Waals surface area contributed by atoms with Gasteiger partial charge in [0.05, 0.1) is 0 Å². The van der Waals surface area contributed by atoms with Gasteiger partial charge in [0.25, 0.3) is 5.91 Å². The van der Waals surface area contributed by atoms with Crippen molar-refractivity contribution in [2.24, 2.45) is 0 Å². The molecule has 1 fully saturated rings. The standard InChI is InChI=1S/C14H20N4O2.ClH/c1-10(15-2)9-17-13(19)11-3-5-12(6-4-11)18-8-7-16-14(18)20;/h3-6,10,15H,7-9H2,1-2H3,(H,16,20)(H,17,19);1H. The fraction of sp³-hybridized carbons (Fsp3) is 0.429. The lowest BCUT2D eigenvalue weighted by molar-refractivity contribution is 0.0950. The molecule has 0 radical (unpaired) electrons. The van der Waals surface area contributed by atoms with E-state index < -0.39 is 0 Å². The quantitative estimate of drug-likeness (QED) is 0.759. The number of hydrogen-bond donors (Lipinski definition) is 3. The Morgan fingerprint density at radius 2 is 2.05 bits per heavy atom. The minimum Gasteiger partial charge on any atom is -0.350 e. The average Bonchev–Trinajstić information content (AvgIpc) is 2.90. The van der Waals surface area contributed by atoms with Crippen LogP contribution in [0.2, 0.25) is 0 Å². The molecule has 1 saturated heterocycles. The van der Waals surface area contributed by atoms with E-state index in [1.54, 1.807) is 29.2 Å². The molecule has 1 aromatic carbocycles. The molecule has 0 aliphatic carbocycles. The van der Waals surface area contributed by atoms with E-state index in [9.17, 15) is 9.59 Å². The maximum atomic E-state index is 11.9. The number of carbonyl (C=O) groups is 2. The first-order chi connectivity index (χ1) is 9.61. The molecular weight excluding hydrogens is 292 g/mol. The van der Waals surface area contributed by atoms with Gasteiger partial charge in [-0.25, -0.2) is 4.79 Å². The molecule has 1 aliphatic heterocycles. The monoisotopic (exact) mass is 312 g/mol. The topological polar surface area (TPSA) is 73.5 Å². The summed E-state index contributed by atoms with van der Waals surface area (Å²) in [6.45, 7) is 3.88. The first-order valence-electron chi connectivity index (χ1n) is 6.72. The summed E-state index contributed by atoms with van der Waals surface area (Å²) in [5, 5.41) is 8.66. The van der Waals surface area contributed by atoms with Gasteiger partial charge in [0.2, 0.25) is 0 Å². The van der Waals surface area contributed by atoms with E-state index in [1.165, 1.54) is 0 Å². The minimum atomic E-state index is -0.107. The number of halogens is 1. The second kappa shape index (κ2) is 7.85. The van der Waals surface area contributed by atoms with E-state index in [0.29, 0.717) is 25.2 Å². The summed E-state index contributed by atoms with van der Waals surface area (Å²) >= 11 is 0. The molecule has 0 saturated carbocycles. The zero-order chi connectivity index (χ0) is 14.5. The van der Waals surface area contributed by atoms with Gasteiger partial charge in [-0.2, -0.15) is 0 Å². The first kappa shape index (κ1) is 17.3. The van der Waals surface area contributed by atoms with Crippen LogP contribution in [0.3, 0.4) is 0 Å². The van der Waals surface area contributed by atoms with Gasteiger partial charge in [-0.15, -0.1) is 12.4 Å². The molecule has 3 N–H and O–H groups in total. The van der Waals surface area contributed by atoms with Crippen LogP contribution in [0.1, 0.15) is 17.3 Å². The molecule has 1 atom stereocenters. The van der Waals surface area contributed by atoms with Gasteiger partial charge in [-0.3, -0.25) is 9.69 Å². The Labute approximate surface area is 130 Å². The number of likely N-dealkylation sites (N-methyl/N-ethyl adjacent to an activating group) is 1. The van der Waals surface area contributed by atoms with Crippen molar-refractivity contribution in [3.63, 3.8) is 0 Å². The van der Waals surface area contributed by atoms with Crippen molar-refractivity contribution in [3.8, 4) is 0 Å². The summed E-state index contributed by atoms with van der Waals surface area (Å²) in [6, 6.07) is 7.19. The average molecular weight is 313 g/mol. The maximum Gasteiger partial charge on any atom is 0.321 e. The molecule has 1 unspecified atom stereocenters. The van der Waals surface area contributed by atoms with Crippen molar-refractivity contribution >= 4 is 30.0 Å². The number of amides is 3. The van der Waals surface area contributed by atoms with Crippen LogP contribution in [-0.4, -0.2) is 44.7 Å². The number of benzene rings is 1. The number of nitrogens with zero attached hydrogens (tertiary/aromatic N) is 1. The Bertz CT molecular complexity index is 492. The molecule has 7 heteroatoms. The Kier molecular flexibility index (Phi) is 6.45. The summed E-state index contributed by atoms with van der Waals surface area (Å²) in [5.74, 6) is -0.107. The van der Waals surface area contributed by atoms with E-state index in [0.717, 1.165) is 5.69 Å². The fourth-order valence-corrected chi connectivity index (χ4v) is 1.96. The molecule has 116 valence electrons. The molecule has 3 amide bonds. The smallest absolute Gasteiger partial charge is 0.321 e. The summed E-state index contributed by atoms with van der Waals surface area (Å²) in [5.41, 5.74) is 1.40. The number of rotatable bonds is 5. The highest BCUT2D eigenvalue weighted by molar-refractivity contribution is 5.97. The van der Waals surface area contributed by atoms with Crippen LogP contribution in [-0.2, 0) is 0 Å². The summed E-state index contributed by atoms with van der Waals surface area (Å²) in [7, 11) is 1.85. The number of carbonyl (C=O) groups excluding carboxylic acids is 2. The fourth-order valence-electron chi connectivity index (χ4n) is 1.96. The van der Waals surface area contributed by atoms with Gasteiger partial charge in [-0.1, -0.05) is 0 Å². The summed E-state index contributed by atoms with van der Waals surface area (Å²) in [4.78, 5) is 25.1. The van der Waals surface area contributed by atoms with Gasteiger partial charge in [0.1, 0.15) is 0 Å². The van der Waals surface area contributed by atoms with E-state index >= 15 is 0 Å². The Morgan fingerprint density at radius 3 is 2.57 bits per heavy atom. The number of urea groups is 1. The van der Waals surface area contributed by atoms with E-state index in [4.69, 9.17) is 0 Å². The van der Waals surface area contributed by atoms with Gasteiger partial charge < -0.3 is 16.0 Å². The highest BCUT2D eigenvalue weighted by atomic mass is 35.5. The molecule has 1 aromatic rings. The van der Waals surface area contributed by atoms with Crippen molar-refractivity contribution in [1.82, 2.24) is 16.0 Å². The van der Waals surface area contributed by atoms with Crippen LogP contribution >= 0.6 is 12.4 Å². The second-order valence-corrected chi connectivity index (χ2v) is 4.83. The molecule has 2 rings (SSSR count). The summed E-state index contributed by atoms with van der Waals surface area (Å²) < 4.78 is 0. The van der Waals surface area contributed by atoms with Gasteiger partial charge in [-0.05, 0) is 38.2 Å². The molecule has 0 aromatic heterocycles. The molecule has 1 heterocycles. The second-order valence-electron chi connectivity index (χ2n) is 4.83. The molecule has 0 bridgehead atoms. The molecule has 6 nitrogen and oxygen atoms in total. The highest BCUT2D eigenvalue weighted by Gasteiger charge is 2.21. The SMILES string of the molecule is CNC(C)CNC(=O)c1ccc(N2CCNC2=O)cc1.Cl. The largest absolute Gasteiger partial charge is 0.350 e. The van der Waals surface area contributed by atoms with Gasteiger partial charge in [0, 0.05) is 36.9 Å². The van der Waals surface area contributed by atoms with Crippen LogP contribution in [0.25, 0.3) is 0 Å². The van der Waals surface area contributed by atoms with E-state index in [1.807, 2.05) is 14.0 Å². The zero-order valence-electron chi connectivity index (χ0n) is 12.2. The molecular formula is C14H21ClN4O2. The third-order valence-corrected chi connectivity index (χ3v) is 3.36. The van der Waals surface area contributed by atoms with Crippen LogP contribution < -0.4 is 20.9 Å². The first-order valence-corrected chi connectivity index (χ1v) is 6.72. The maximum absolute atomic E-state index is 11.9. The van der Waals surface area contributed by atoms with Crippen molar-refractivity contribution in [2.45, 2.75) is 13.0 Å². The van der Waals surface area contributed by atoms with Crippen LogP contribution in [0.15, 0.2) is 24.3 Å². The number of anilines is 1. The normalized spacial score (nSPS) is 15.1. The van der Waals surface area contributed by atoms with Crippen LogP contribution in [0, 0.1) is 0 Å². The summed E-state index contributed by atoms with van der Waals surface area (Å²) in [6.07, 6.45) is 0. The Morgan fingerprint density at radius 1 is 1.38 bits per heavy atom. The van der Waals surface area contributed by atoms with E-state index in [2.05, 4.69) is 16.0 Å². The van der Waals surface area contributed by atoms with Crippen LogP contribution in [0.4, 0.5) is 10.5 Å². The van der Waals surface area contributed by atoms with E-state index in [-0.39, 0.29) is 30.4 Å². The molecule has 21 heavy (non-hydrogen) atoms. The number of hydrogen-bond acceptors (Lipinski definition) is 3. The lowest BCUT2D eigenvalue weighted by atomic mass is 10.2. The van der Waals surface area contributed by atoms with Gasteiger partial charge >= 0.3 is 6.03 Å². The predicted molar refractivity (Wildman–Crippen MR) is 85.3 cm³/mol. The highest BCUT2D eigenvalue weighted by Crippen LogP contribution is 2.17. The van der Waals surface area contributed by atoms with Crippen molar-refractivity contribution < 1.29 is 9.59 Å². The lowest BCUT2D eigenvalue weighted by Gasteiger charge is -2.15. The Hall–Kier alpha value is -1.79. The predicted octanol–water partition coefficient (Wildman–Crippen LogP) is 0.976. The third kappa shape index (κ3) is 4.34. The zero-order valence-corrected chi connectivity index (χ0v) is 13.0. The molecule has 1 aliphatic rings. The third-order valence-electron chi connectivity index (χ3n) is 3.36. The minimum absolute atomic E-state index is 0. The van der Waals surface area contributed by atoms with Crippen molar-refractivity contribution in [3.05, 3.63) is 29.8 Å². The van der Waals surface area contributed by atoms with Gasteiger partial charge in [0.15, 0.2) is 0 Å². The lowest BCUT2D eigenvalue weighted by Crippen LogP contribution is -2.37.